The normalized spacial score (nSPS) is 12.2. The Morgan fingerprint density at radius 1 is 0.926 bits per heavy atom. The van der Waals surface area contributed by atoms with E-state index in [0.29, 0.717) is 16.3 Å². The van der Waals surface area contributed by atoms with Crippen molar-refractivity contribution in [2.45, 2.75) is 16.7 Å². The SMILES string of the molecule is Cc1cc(S(=O)(=O)Nc2ccc(N)c(S(=O)(=O)O)c2)c2ccccc2c1O. The van der Waals surface area contributed by atoms with Crippen LogP contribution in [0.1, 0.15) is 5.56 Å². The van der Waals surface area contributed by atoms with Gasteiger partial charge in [-0.15, -0.1) is 0 Å². The van der Waals surface area contributed by atoms with E-state index in [-0.39, 0.29) is 22.0 Å². The fourth-order valence-corrected chi connectivity index (χ4v) is 4.70. The van der Waals surface area contributed by atoms with E-state index in [9.17, 15) is 26.5 Å². The number of benzene rings is 3. The third-order valence-corrected chi connectivity index (χ3v) is 6.33. The highest BCUT2D eigenvalue weighted by atomic mass is 32.2. The van der Waals surface area contributed by atoms with Crippen molar-refractivity contribution in [3.63, 3.8) is 0 Å². The Morgan fingerprint density at radius 2 is 1.56 bits per heavy atom. The Labute approximate surface area is 156 Å². The molecule has 3 rings (SSSR count). The second-order valence-electron chi connectivity index (χ2n) is 5.92. The smallest absolute Gasteiger partial charge is 0.296 e. The molecule has 8 nitrogen and oxygen atoms in total. The number of aromatic hydroxyl groups is 1. The van der Waals surface area contributed by atoms with Crippen LogP contribution in [0.2, 0.25) is 0 Å². The Bertz CT molecular complexity index is 1270. The topological polar surface area (TPSA) is 147 Å². The minimum absolute atomic E-state index is 0.0225. The molecule has 0 aliphatic carbocycles. The molecule has 142 valence electrons. The van der Waals surface area contributed by atoms with Gasteiger partial charge in [-0.25, -0.2) is 8.42 Å². The first-order chi connectivity index (χ1) is 12.5. The van der Waals surface area contributed by atoms with Gasteiger partial charge in [-0.2, -0.15) is 8.42 Å². The maximum atomic E-state index is 12.9. The number of aryl methyl sites for hydroxylation is 1. The van der Waals surface area contributed by atoms with Gasteiger partial charge in [-0.1, -0.05) is 24.3 Å². The van der Waals surface area contributed by atoms with Gasteiger partial charge in [-0.05, 0) is 36.8 Å². The van der Waals surface area contributed by atoms with Crippen LogP contribution in [0.5, 0.6) is 5.75 Å². The van der Waals surface area contributed by atoms with E-state index >= 15 is 0 Å². The fourth-order valence-electron chi connectivity index (χ4n) is 2.71. The minimum Gasteiger partial charge on any atom is -0.507 e. The van der Waals surface area contributed by atoms with Gasteiger partial charge in [0.15, 0.2) is 0 Å². The molecule has 27 heavy (non-hydrogen) atoms. The summed E-state index contributed by atoms with van der Waals surface area (Å²) in [4.78, 5) is -0.687. The number of rotatable bonds is 4. The number of sulfonamides is 1. The van der Waals surface area contributed by atoms with Crippen molar-refractivity contribution in [1.29, 1.82) is 0 Å². The maximum absolute atomic E-state index is 12.9. The number of nitrogen functional groups attached to an aromatic ring is 1. The van der Waals surface area contributed by atoms with Crippen molar-refractivity contribution < 1.29 is 26.5 Å². The lowest BCUT2D eigenvalue weighted by Gasteiger charge is -2.14. The van der Waals surface area contributed by atoms with E-state index in [1.54, 1.807) is 31.2 Å². The van der Waals surface area contributed by atoms with E-state index in [0.717, 1.165) is 6.07 Å². The molecule has 0 spiro atoms. The molecule has 0 unspecified atom stereocenters. The third-order valence-electron chi connectivity index (χ3n) is 4.00. The van der Waals surface area contributed by atoms with Gasteiger partial charge < -0.3 is 10.8 Å². The zero-order valence-corrected chi connectivity index (χ0v) is 15.7. The van der Waals surface area contributed by atoms with Gasteiger partial charge in [0.25, 0.3) is 20.1 Å². The number of nitrogens with one attached hydrogen (secondary N) is 1. The van der Waals surface area contributed by atoms with Gasteiger partial charge in [0, 0.05) is 10.8 Å². The summed E-state index contributed by atoms with van der Waals surface area (Å²) in [7, 11) is -8.75. The van der Waals surface area contributed by atoms with Crippen LogP contribution in [-0.4, -0.2) is 26.5 Å². The van der Waals surface area contributed by atoms with Gasteiger partial charge in [0.1, 0.15) is 10.6 Å². The highest BCUT2D eigenvalue weighted by molar-refractivity contribution is 7.93. The number of nitrogens with two attached hydrogens (primary N) is 1. The molecule has 3 aromatic rings. The molecule has 0 radical (unpaired) electrons. The monoisotopic (exact) mass is 408 g/mol. The Balaban J connectivity index is 2.15. The minimum atomic E-state index is -4.62. The zero-order valence-electron chi connectivity index (χ0n) is 14.0. The van der Waals surface area contributed by atoms with Crippen LogP contribution in [0.15, 0.2) is 58.3 Å². The number of phenolic OH excluding ortho intramolecular Hbond substituents is 1. The summed E-state index contributed by atoms with van der Waals surface area (Å²) in [5, 5.41) is 10.8. The Kier molecular flexibility index (Phi) is 4.50. The number of phenols is 1. The Hall–Kier alpha value is -2.82. The summed E-state index contributed by atoms with van der Waals surface area (Å²) < 4.78 is 60.0. The third kappa shape index (κ3) is 3.54. The molecule has 0 atom stereocenters. The van der Waals surface area contributed by atoms with Gasteiger partial charge in [-0.3, -0.25) is 9.27 Å². The molecule has 0 fully saturated rings. The molecule has 0 saturated heterocycles. The van der Waals surface area contributed by atoms with Crippen molar-refractivity contribution in [3.8, 4) is 5.75 Å². The summed E-state index contributed by atoms with van der Waals surface area (Å²) in [6.07, 6.45) is 0. The number of anilines is 2. The number of fused-ring (bicyclic) bond motifs is 1. The van der Waals surface area contributed by atoms with Crippen molar-refractivity contribution in [2.75, 3.05) is 10.5 Å². The van der Waals surface area contributed by atoms with E-state index in [1.807, 2.05) is 0 Å². The zero-order chi connectivity index (χ0) is 20.0. The molecule has 10 heteroatoms. The highest BCUT2D eigenvalue weighted by Crippen LogP contribution is 2.34. The molecule has 0 aromatic heterocycles. The highest BCUT2D eigenvalue weighted by Gasteiger charge is 2.22. The molecular formula is C17H16N2O6S2. The maximum Gasteiger partial charge on any atom is 0.296 e. The first-order valence-corrected chi connectivity index (χ1v) is 10.5. The first-order valence-electron chi connectivity index (χ1n) is 7.62. The van der Waals surface area contributed by atoms with Crippen molar-refractivity contribution in [2.24, 2.45) is 0 Å². The lowest BCUT2D eigenvalue weighted by molar-refractivity contribution is 0.477. The lowest BCUT2D eigenvalue weighted by Crippen LogP contribution is -2.14. The fraction of sp³-hybridized carbons (Fsp3) is 0.0588. The molecule has 0 saturated carbocycles. The largest absolute Gasteiger partial charge is 0.507 e. The van der Waals surface area contributed by atoms with Crippen LogP contribution in [0.4, 0.5) is 11.4 Å². The molecule has 0 amide bonds. The molecule has 0 aliphatic heterocycles. The standard InChI is InChI=1S/C17H16N2O6S2/c1-10-8-15(12-4-2-3-5-13(12)17(10)20)26(21,22)19-11-6-7-14(18)16(9-11)27(23,24)25/h2-9,19-20H,18H2,1H3,(H,23,24,25). The van der Waals surface area contributed by atoms with Crippen LogP contribution >= 0.6 is 0 Å². The van der Waals surface area contributed by atoms with Crippen LogP contribution in [0.25, 0.3) is 10.8 Å². The number of hydrogen-bond acceptors (Lipinski definition) is 6. The number of hydrogen-bond donors (Lipinski definition) is 4. The van der Waals surface area contributed by atoms with E-state index in [1.165, 1.54) is 18.2 Å². The van der Waals surface area contributed by atoms with Gasteiger partial charge in [0.05, 0.1) is 16.3 Å². The predicted molar refractivity (Wildman–Crippen MR) is 102 cm³/mol. The molecule has 0 aliphatic rings. The van der Waals surface area contributed by atoms with Crippen LogP contribution in [-0.2, 0) is 20.1 Å². The average molecular weight is 408 g/mol. The Morgan fingerprint density at radius 3 is 2.19 bits per heavy atom. The molecule has 5 N–H and O–H groups in total. The predicted octanol–water partition coefficient (Wildman–Crippen LogP) is 2.48. The first kappa shape index (κ1) is 19.0. The molecule has 0 heterocycles. The second kappa shape index (κ2) is 6.41. The summed E-state index contributed by atoms with van der Waals surface area (Å²) in [6, 6.07) is 11.1. The van der Waals surface area contributed by atoms with E-state index in [4.69, 9.17) is 5.73 Å². The molecule has 3 aromatic carbocycles. The van der Waals surface area contributed by atoms with Gasteiger partial charge >= 0.3 is 0 Å². The van der Waals surface area contributed by atoms with Crippen LogP contribution in [0, 0.1) is 6.92 Å². The summed E-state index contributed by atoms with van der Waals surface area (Å²) >= 11 is 0. The van der Waals surface area contributed by atoms with E-state index < -0.39 is 25.0 Å². The average Bonchev–Trinajstić information content (AvgIpc) is 2.58. The van der Waals surface area contributed by atoms with Gasteiger partial charge in [0.2, 0.25) is 0 Å². The van der Waals surface area contributed by atoms with Crippen molar-refractivity contribution in [1.82, 2.24) is 0 Å². The lowest BCUT2D eigenvalue weighted by atomic mass is 10.1. The molecule has 0 bridgehead atoms. The van der Waals surface area contributed by atoms with Crippen molar-refractivity contribution >= 4 is 42.3 Å². The van der Waals surface area contributed by atoms with E-state index in [2.05, 4.69) is 4.72 Å². The quantitative estimate of drug-likeness (QED) is 0.383. The summed E-state index contributed by atoms with van der Waals surface area (Å²) in [5.74, 6) is -0.0225. The summed E-state index contributed by atoms with van der Waals surface area (Å²) in [5.41, 5.74) is 5.58. The van der Waals surface area contributed by atoms with Crippen LogP contribution < -0.4 is 10.5 Å². The summed E-state index contributed by atoms with van der Waals surface area (Å²) in [6.45, 7) is 1.57. The van der Waals surface area contributed by atoms with Crippen LogP contribution in [0.3, 0.4) is 0 Å². The van der Waals surface area contributed by atoms with Crippen molar-refractivity contribution in [3.05, 3.63) is 54.1 Å². The second-order valence-corrected chi connectivity index (χ2v) is 8.96. The molecular weight excluding hydrogens is 392 g/mol.